The topological polar surface area (TPSA) is 81.8 Å². The third kappa shape index (κ3) is 6.13. The third-order valence-electron chi connectivity index (χ3n) is 7.70. The SMILES string of the molecule is C=CCNC(=O)CNC(=O)CN(C(=O)C1CCC1)C1CCN([C@H](C)c2cccc3ccccc23)CC1. The van der Waals surface area contributed by atoms with Crippen molar-refractivity contribution < 1.29 is 14.4 Å². The van der Waals surface area contributed by atoms with Crippen LogP contribution in [0.25, 0.3) is 10.8 Å². The molecule has 2 N–H and O–H groups in total. The summed E-state index contributed by atoms with van der Waals surface area (Å²) in [6.45, 7) is 7.83. The van der Waals surface area contributed by atoms with Crippen LogP contribution in [-0.2, 0) is 14.4 Å². The van der Waals surface area contributed by atoms with E-state index in [4.69, 9.17) is 0 Å². The van der Waals surface area contributed by atoms with Gasteiger partial charge in [-0.05, 0) is 48.9 Å². The van der Waals surface area contributed by atoms with Crippen molar-refractivity contribution in [3.63, 3.8) is 0 Å². The highest BCUT2D eigenvalue weighted by atomic mass is 16.2. The van der Waals surface area contributed by atoms with Gasteiger partial charge in [-0.25, -0.2) is 0 Å². The molecule has 4 rings (SSSR count). The molecule has 2 fully saturated rings. The zero-order chi connectivity index (χ0) is 25.5. The summed E-state index contributed by atoms with van der Waals surface area (Å²) < 4.78 is 0. The molecular formula is C29H38N4O3. The Labute approximate surface area is 213 Å². The van der Waals surface area contributed by atoms with E-state index in [1.165, 1.54) is 16.3 Å². The molecule has 1 aliphatic heterocycles. The number of carbonyl (C=O) groups excluding carboxylic acids is 3. The summed E-state index contributed by atoms with van der Waals surface area (Å²) in [5, 5.41) is 7.84. The minimum atomic E-state index is -0.289. The minimum absolute atomic E-state index is 0.00755. The number of benzene rings is 2. The number of nitrogens with one attached hydrogen (secondary N) is 2. The number of hydrogen-bond donors (Lipinski definition) is 2. The molecule has 192 valence electrons. The number of rotatable bonds is 10. The lowest BCUT2D eigenvalue weighted by atomic mass is 9.83. The Bertz CT molecular complexity index is 1080. The van der Waals surface area contributed by atoms with Gasteiger partial charge in [0.25, 0.3) is 0 Å². The summed E-state index contributed by atoms with van der Waals surface area (Å²) in [7, 11) is 0. The van der Waals surface area contributed by atoms with E-state index in [9.17, 15) is 14.4 Å². The molecule has 36 heavy (non-hydrogen) atoms. The van der Waals surface area contributed by atoms with Crippen LogP contribution in [0.2, 0.25) is 0 Å². The molecular weight excluding hydrogens is 452 g/mol. The largest absolute Gasteiger partial charge is 0.351 e. The molecule has 0 unspecified atom stereocenters. The van der Waals surface area contributed by atoms with Crippen LogP contribution in [0.1, 0.15) is 50.6 Å². The van der Waals surface area contributed by atoms with Crippen LogP contribution in [0.15, 0.2) is 55.1 Å². The summed E-state index contributed by atoms with van der Waals surface area (Å²) in [5.74, 6) is -0.437. The van der Waals surface area contributed by atoms with Crippen molar-refractivity contribution in [2.45, 2.75) is 51.1 Å². The Morgan fingerprint density at radius 2 is 1.75 bits per heavy atom. The van der Waals surface area contributed by atoms with Gasteiger partial charge in [0, 0.05) is 37.6 Å². The van der Waals surface area contributed by atoms with Crippen molar-refractivity contribution in [1.82, 2.24) is 20.4 Å². The van der Waals surface area contributed by atoms with E-state index in [1.807, 2.05) is 0 Å². The summed E-state index contributed by atoms with van der Waals surface area (Å²) >= 11 is 0. The van der Waals surface area contributed by atoms with Gasteiger partial charge in [0.2, 0.25) is 17.7 Å². The first kappa shape index (κ1) is 25.9. The molecule has 0 radical (unpaired) electrons. The standard InChI is InChI=1S/C29H38N4O3/c1-3-16-30-27(34)19-31-28(35)20-33(29(36)23-10-6-11-23)24-14-17-32(18-15-24)21(2)25-13-7-9-22-8-4-5-12-26(22)25/h3-5,7-9,12-13,21,23-24H,1,6,10-11,14-20H2,2H3,(H,30,34)(H,31,35)/t21-/m1/s1. The van der Waals surface area contributed by atoms with Crippen molar-refractivity contribution in [2.24, 2.45) is 5.92 Å². The Morgan fingerprint density at radius 1 is 1.03 bits per heavy atom. The summed E-state index contributed by atoms with van der Waals surface area (Å²) in [6.07, 6.45) is 6.13. The quantitative estimate of drug-likeness (QED) is 0.500. The first-order chi connectivity index (χ1) is 17.5. The van der Waals surface area contributed by atoms with Crippen LogP contribution >= 0.6 is 0 Å². The number of fused-ring (bicyclic) bond motifs is 1. The zero-order valence-corrected chi connectivity index (χ0v) is 21.2. The molecule has 1 saturated carbocycles. The van der Waals surface area contributed by atoms with Crippen LogP contribution < -0.4 is 10.6 Å². The lowest BCUT2D eigenvalue weighted by Gasteiger charge is -2.42. The molecule has 7 heteroatoms. The van der Waals surface area contributed by atoms with E-state index in [0.29, 0.717) is 6.54 Å². The molecule has 2 aromatic carbocycles. The van der Waals surface area contributed by atoms with Gasteiger partial charge in [0.15, 0.2) is 0 Å². The van der Waals surface area contributed by atoms with Crippen LogP contribution in [0.5, 0.6) is 0 Å². The molecule has 1 aliphatic carbocycles. The van der Waals surface area contributed by atoms with Gasteiger partial charge >= 0.3 is 0 Å². The first-order valence-electron chi connectivity index (χ1n) is 13.1. The van der Waals surface area contributed by atoms with Gasteiger partial charge in [0.05, 0.1) is 13.1 Å². The predicted molar refractivity (Wildman–Crippen MR) is 142 cm³/mol. The van der Waals surface area contributed by atoms with Gasteiger partial charge in [-0.1, -0.05) is 55.0 Å². The van der Waals surface area contributed by atoms with Crippen molar-refractivity contribution in [2.75, 3.05) is 32.7 Å². The zero-order valence-electron chi connectivity index (χ0n) is 21.2. The second-order valence-corrected chi connectivity index (χ2v) is 9.97. The van der Waals surface area contributed by atoms with Crippen LogP contribution in [0.3, 0.4) is 0 Å². The van der Waals surface area contributed by atoms with Gasteiger partial charge in [0.1, 0.15) is 0 Å². The first-order valence-corrected chi connectivity index (χ1v) is 13.1. The summed E-state index contributed by atoms with van der Waals surface area (Å²) in [6, 6.07) is 15.3. The number of carbonyl (C=O) groups is 3. The highest BCUT2D eigenvalue weighted by Crippen LogP contribution is 2.33. The van der Waals surface area contributed by atoms with Crippen molar-refractivity contribution in [1.29, 1.82) is 0 Å². The predicted octanol–water partition coefficient (Wildman–Crippen LogP) is 3.41. The number of likely N-dealkylation sites (tertiary alicyclic amines) is 1. The Hall–Kier alpha value is -3.19. The van der Waals surface area contributed by atoms with E-state index in [1.54, 1.807) is 11.0 Å². The molecule has 0 aromatic heterocycles. The Morgan fingerprint density at radius 3 is 2.44 bits per heavy atom. The molecule has 1 atom stereocenters. The third-order valence-corrected chi connectivity index (χ3v) is 7.70. The molecule has 0 spiro atoms. The van der Waals surface area contributed by atoms with Crippen LogP contribution in [0, 0.1) is 5.92 Å². The fraction of sp³-hybridized carbons (Fsp3) is 0.483. The molecule has 1 saturated heterocycles. The minimum Gasteiger partial charge on any atom is -0.351 e. The van der Waals surface area contributed by atoms with E-state index in [2.05, 4.69) is 71.5 Å². The van der Waals surface area contributed by atoms with Gasteiger partial charge in [-0.2, -0.15) is 0 Å². The van der Waals surface area contributed by atoms with Crippen LogP contribution in [0.4, 0.5) is 0 Å². The molecule has 7 nitrogen and oxygen atoms in total. The normalized spacial score (nSPS) is 17.7. The molecule has 3 amide bonds. The highest BCUT2D eigenvalue weighted by molar-refractivity contribution is 5.89. The molecule has 2 aromatic rings. The fourth-order valence-corrected chi connectivity index (χ4v) is 5.31. The van der Waals surface area contributed by atoms with Crippen molar-refractivity contribution in [3.8, 4) is 0 Å². The van der Waals surface area contributed by atoms with Crippen molar-refractivity contribution in [3.05, 3.63) is 60.7 Å². The average Bonchev–Trinajstić information content (AvgIpc) is 2.87. The number of hydrogen-bond acceptors (Lipinski definition) is 4. The second-order valence-electron chi connectivity index (χ2n) is 9.97. The number of nitrogens with zero attached hydrogens (tertiary/aromatic N) is 2. The summed E-state index contributed by atoms with van der Waals surface area (Å²) in [5.41, 5.74) is 1.32. The maximum absolute atomic E-state index is 13.3. The second kappa shape index (κ2) is 12.2. The maximum atomic E-state index is 13.3. The monoisotopic (exact) mass is 490 g/mol. The number of piperidine rings is 1. The van der Waals surface area contributed by atoms with E-state index < -0.39 is 0 Å². The molecule has 0 bridgehead atoms. The van der Waals surface area contributed by atoms with Gasteiger partial charge in [-0.15, -0.1) is 6.58 Å². The molecule has 1 heterocycles. The Kier molecular flexibility index (Phi) is 8.75. The fourth-order valence-electron chi connectivity index (χ4n) is 5.31. The lowest BCUT2D eigenvalue weighted by molar-refractivity contribution is -0.145. The highest BCUT2D eigenvalue weighted by Gasteiger charge is 2.36. The number of amides is 3. The van der Waals surface area contributed by atoms with E-state index in [0.717, 1.165) is 45.2 Å². The smallest absolute Gasteiger partial charge is 0.240 e. The van der Waals surface area contributed by atoms with Gasteiger partial charge < -0.3 is 15.5 Å². The van der Waals surface area contributed by atoms with Crippen molar-refractivity contribution >= 4 is 28.5 Å². The van der Waals surface area contributed by atoms with E-state index >= 15 is 0 Å². The maximum Gasteiger partial charge on any atom is 0.240 e. The molecule has 2 aliphatic rings. The van der Waals surface area contributed by atoms with Gasteiger partial charge in [-0.3, -0.25) is 19.3 Å². The van der Waals surface area contributed by atoms with E-state index in [-0.39, 0.29) is 48.8 Å². The Balaban J connectivity index is 1.38. The lowest BCUT2D eigenvalue weighted by Crippen LogP contribution is -2.53. The van der Waals surface area contributed by atoms with Crippen LogP contribution in [-0.4, -0.2) is 66.3 Å². The average molecular weight is 491 g/mol. The summed E-state index contributed by atoms with van der Waals surface area (Å²) in [4.78, 5) is 42.0.